The Morgan fingerprint density at radius 3 is 2.14 bits per heavy atom. The maximum atomic E-state index is 13.3. The van der Waals surface area contributed by atoms with E-state index in [0.29, 0.717) is 11.5 Å². The van der Waals surface area contributed by atoms with Crippen LogP contribution < -0.4 is 20.1 Å². The number of carbonyl (C=O) groups excluding carboxylic acids is 2. The summed E-state index contributed by atoms with van der Waals surface area (Å²) in [5.41, 5.74) is -1.54. The molecule has 2 rings (SSSR count). The zero-order valence-corrected chi connectivity index (χ0v) is 15.4. The first-order valence-corrected chi connectivity index (χ1v) is 8.20. The fourth-order valence-corrected chi connectivity index (χ4v) is 2.32. The van der Waals surface area contributed by atoms with Crippen molar-refractivity contribution in [3.05, 3.63) is 48.0 Å². The van der Waals surface area contributed by atoms with Crippen molar-refractivity contribution >= 4 is 23.2 Å². The summed E-state index contributed by atoms with van der Waals surface area (Å²) >= 11 is 0. The van der Waals surface area contributed by atoms with Gasteiger partial charge in [0.1, 0.15) is 11.5 Å². The molecule has 0 aliphatic carbocycles. The maximum Gasteiger partial charge on any atom is 0.418 e. The maximum absolute atomic E-state index is 13.3. The third-order valence-electron chi connectivity index (χ3n) is 3.64. The molecule has 6 nitrogen and oxygen atoms in total. The van der Waals surface area contributed by atoms with Gasteiger partial charge in [-0.25, -0.2) is 0 Å². The van der Waals surface area contributed by atoms with E-state index in [1.54, 1.807) is 24.3 Å². The average molecular weight is 396 g/mol. The highest BCUT2D eigenvalue weighted by Gasteiger charge is 2.34. The van der Waals surface area contributed by atoms with Crippen LogP contribution in [0.25, 0.3) is 0 Å². The number of halogens is 3. The molecule has 0 saturated heterocycles. The molecule has 0 heterocycles. The van der Waals surface area contributed by atoms with E-state index in [1.165, 1.54) is 27.0 Å². The summed E-state index contributed by atoms with van der Waals surface area (Å²) in [7, 11) is 1.50. The lowest BCUT2D eigenvalue weighted by molar-refractivity contribution is -0.137. The lowest BCUT2D eigenvalue weighted by Crippen LogP contribution is -2.31. The minimum Gasteiger partial charge on any atom is -0.497 e. The minimum absolute atomic E-state index is 0.0274. The van der Waals surface area contributed by atoms with Gasteiger partial charge in [-0.3, -0.25) is 9.59 Å². The van der Waals surface area contributed by atoms with Crippen LogP contribution in [0.3, 0.4) is 0 Å². The molecular formula is C19H19F3N2O4. The fourth-order valence-electron chi connectivity index (χ4n) is 2.32. The Labute approximate surface area is 159 Å². The zero-order valence-electron chi connectivity index (χ0n) is 15.4. The van der Waals surface area contributed by atoms with Gasteiger partial charge in [-0.15, -0.1) is 0 Å². The number of benzene rings is 2. The van der Waals surface area contributed by atoms with Crippen LogP contribution in [0, 0.1) is 0 Å². The molecule has 1 atom stereocenters. The number of hydrogen-bond acceptors (Lipinski definition) is 4. The number of rotatable bonds is 6. The third-order valence-corrected chi connectivity index (χ3v) is 3.64. The number of amides is 2. The predicted octanol–water partition coefficient (Wildman–Crippen LogP) is 4.08. The van der Waals surface area contributed by atoms with Crippen molar-refractivity contribution in [3.63, 3.8) is 0 Å². The summed E-state index contributed by atoms with van der Waals surface area (Å²) in [6.07, 6.45) is -5.78. The SMILES string of the molecule is COc1ccc(OC(C)C(=O)Nc2ccc(NC(C)=O)cc2C(F)(F)F)cc1. The molecule has 0 saturated carbocycles. The standard InChI is InChI=1S/C19H19F3N2O4/c1-11(28-15-7-5-14(27-3)6-8-15)18(26)24-17-9-4-13(23-12(2)25)10-16(17)19(20,21)22/h4-11H,1-3H3,(H,23,25)(H,24,26). The van der Waals surface area contributed by atoms with E-state index in [2.05, 4.69) is 10.6 Å². The van der Waals surface area contributed by atoms with Gasteiger partial charge in [-0.2, -0.15) is 13.2 Å². The van der Waals surface area contributed by atoms with E-state index in [9.17, 15) is 22.8 Å². The second-order valence-corrected chi connectivity index (χ2v) is 5.86. The van der Waals surface area contributed by atoms with Crippen molar-refractivity contribution in [2.45, 2.75) is 26.1 Å². The number of anilines is 2. The Bertz CT molecular complexity index is 851. The van der Waals surface area contributed by atoms with Crippen LogP contribution in [-0.2, 0) is 15.8 Å². The molecule has 9 heteroatoms. The largest absolute Gasteiger partial charge is 0.497 e. The Hall–Kier alpha value is -3.23. The van der Waals surface area contributed by atoms with E-state index >= 15 is 0 Å². The van der Waals surface area contributed by atoms with Crippen molar-refractivity contribution in [2.75, 3.05) is 17.7 Å². The Morgan fingerprint density at radius 2 is 1.61 bits per heavy atom. The molecule has 0 aliphatic heterocycles. The quantitative estimate of drug-likeness (QED) is 0.772. The van der Waals surface area contributed by atoms with E-state index in [4.69, 9.17) is 9.47 Å². The van der Waals surface area contributed by atoms with Crippen LogP contribution in [0.5, 0.6) is 11.5 Å². The number of alkyl halides is 3. The van der Waals surface area contributed by atoms with Gasteiger partial charge in [0.25, 0.3) is 5.91 Å². The molecular weight excluding hydrogens is 377 g/mol. The number of ether oxygens (including phenoxy) is 2. The van der Waals surface area contributed by atoms with Crippen LogP contribution in [0.4, 0.5) is 24.5 Å². The van der Waals surface area contributed by atoms with Crippen molar-refractivity contribution in [1.82, 2.24) is 0 Å². The summed E-state index contributed by atoms with van der Waals surface area (Å²) in [5.74, 6) is -0.306. The van der Waals surface area contributed by atoms with Gasteiger partial charge < -0.3 is 20.1 Å². The number of hydrogen-bond donors (Lipinski definition) is 2. The van der Waals surface area contributed by atoms with E-state index in [-0.39, 0.29) is 5.69 Å². The molecule has 2 aromatic rings. The average Bonchev–Trinajstić information content (AvgIpc) is 2.62. The molecule has 0 radical (unpaired) electrons. The van der Waals surface area contributed by atoms with Gasteiger partial charge in [0.05, 0.1) is 18.4 Å². The number of methoxy groups -OCH3 is 1. The molecule has 0 fully saturated rings. The Morgan fingerprint density at radius 1 is 1.00 bits per heavy atom. The predicted molar refractivity (Wildman–Crippen MR) is 97.5 cm³/mol. The fraction of sp³-hybridized carbons (Fsp3) is 0.263. The Kier molecular flexibility index (Phi) is 6.50. The number of carbonyl (C=O) groups is 2. The first-order valence-electron chi connectivity index (χ1n) is 8.20. The lowest BCUT2D eigenvalue weighted by Gasteiger charge is -2.18. The topological polar surface area (TPSA) is 76.7 Å². The molecule has 0 aliphatic rings. The first-order chi connectivity index (χ1) is 13.1. The highest BCUT2D eigenvalue weighted by atomic mass is 19.4. The summed E-state index contributed by atoms with van der Waals surface area (Å²) in [6, 6.07) is 9.50. The molecule has 150 valence electrons. The Balaban J connectivity index is 2.15. The monoisotopic (exact) mass is 396 g/mol. The smallest absolute Gasteiger partial charge is 0.418 e. The van der Waals surface area contributed by atoms with Gasteiger partial charge >= 0.3 is 6.18 Å². The van der Waals surface area contributed by atoms with Crippen molar-refractivity contribution in [1.29, 1.82) is 0 Å². The van der Waals surface area contributed by atoms with Gasteiger partial charge in [-0.1, -0.05) is 0 Å². The van der Waals surface area contributed by atoms with E-state index in [0.717, 1.165) is 12.1 Å². The molecule has 0 aromatic heterocycles. The molecule has 2 amide bonds. The second-order valence-electron chi connectivity index (χ2n) is 5.86. The summed E-state index contributed by atoms with van der Waals surface area (Å²) in [5, 5.41) is 4.49. The molecule has 2 N–H and O–H groups in total. The van der Waals surface area contributed by atoms with Crippen molar-refractivity contribution in [3.8, 4) is 11.5 Å². The molecule has 28 heavy (non-hydrogen) atoms. The van der Waals surface area contributed by atoms with Crippen molar-refractivity contribution < 1.29 is 32.2 Å². The summed E-state index contributed by atoms with van der Waals surface area (Å²) in [6.45, 7) is 2.60. The van der Waals surface area contributed by atoms with Crippen LogP contribution in [0.2, 0.25) is 0 Å². The van der Waals surface area contributed by atoms with Crippen LogP contribution >= 0.6 is 0 Å². The second kappa shape index (κ2) is 8.64. The minimum atomic E-state index is -4.73. The summed E-state index contributed by atoms with van der Waals surface area (Å²) < 4.78 is 50.4. The van der Waals surface area contributed by atoms with Crippen molar-refractivity contribution in [2.24, 2.45) is 0 Å². The summed E-state index contributed by atoms with van der Waals surface area (Å²) in [4.78, 5) is 23.3. The molecule has 1 unspecified atom stereocenters. The molecule has 0 bridgehead atoms. The zero-order chi connectivity index (χ0) is 20.9. The van der Waals surface area contributed by atoms with Gasteiger partial charge in [-0.05, 0) is 49.4 Å². The normalized spacial score (nSPS) is 12.1. The number of nitrogens with one attached hydrogen (secondary N) is 2. The highest BCUT2D eigenvalue weighted by Crippen LogP contribution is 2.36. The van der Waals surface area contributed by atoms with Crippen LogP contribution in [0.15, 0.2) is 42.5 Å². The third kappa shape index (κ3) is 5.63. The van der Waals surface area contributed by atoms with Crippen LogP contribution in [-0.4, -0.2) is 25.0 Å². The lowest BCUT2D eigenvalue weighted by atomic mass is 10.1. The van der Waals surface area contributed by atoms with Gasteiger partial charge in [0.15, 0.2) is 6.10 Å². The van der Waals surface area contributed by atoms with Gasteiger partial charge in [0, 0.05) is 12.6 Å². The van der Waals surface area contributed by atoms with Gasteiger partial charge in [0.2, 0.25) is 5.91 Å². The molecule has 2 aromatic carbocycles. The highest BCUT2D eigenvalue weighted by molar-refractivity contribution is 5.95. The van der Waals surface area contributed by atoms with E-state index < -0.39 is 35.3 Å². The molecule has 0 spiro atoms. The van der Waals surface area contributed by atoms with Crippen LogP contribution in [0.1, 0.15) is 19.4 Å². The first kappa shape index (κ1) is 21.1. The van der Waals surface area contributed by atoms with E-state index in [1.807, 2.05) is 0 Å².